The van der Waals surface area contributed by atoms with Gasteiger partial charge in [0.25, 0.3) is 0 Å². The number of methoxy groups -OCH3 is 2. The zero-order chi connectivity index (χ0) is 17.7. The standard InChI is InChI=1S/C22H27ClO2/c1-21-10-8-18-17-7-5-16(24-2)14-15(17)4-6-19(18)20(21)9-11-22(21,25-3)12-13-23/h5,7,14,18-20H,4,6,8-11H2,1-3H3/t18?,19?,20?,21-,22+/m0/s1. The van der Waals surface area contributed by atoms with Crippen molar-refractivity contribution in [3.63, 3.8) is 0 Å². The molecular formula is C22H27ClO2. The fourth-order valence-corrected chi connectivity index (χ4v) is 6.50. The molecule has 0 bridgehead atoms. The number of hydrogen-bond donors (Lipinski definition) is 0. The molecule has 3 aliphatic rings. The van der Waals surface area contributed by atoms with Crippen LogP contribution in [0, 0.1) is 28.6 Å². The van der Waals surface area contributed by atoms with E-state index in [1.54, 1.807) is 12.7 Å². The number of ether oxygens (including phenoxy) is 2. The predicted molar refractivity (Wildman–Crippen MR) is 101 cm³/mol. The molecule has 0 amide bonds. The highest BCUT2D eigenvalue weighted by molar-refractivity contribution is 6.30. The van der Waals surface area contributed by atoms with Crippen LogP contribution in [0.3, 0.4) is 0 Å². The van der Waals surface area contributed by atoms with Crippen LogP contribution in [0.15, 0.2) is 18.2 Å². The molecule has 3 unspecified atom stereocenters. The third kappa shape index (κ3) is 2.36. The molecule has 134 valence electrons. The Hall–Kier alpha value is -1.17. The van der Waals surface area contributed by atoms with Gasteiger partial charge >= 0.3 is 0 Å². The Labute approximate surface area is 156 Å². The Morgan fingerprint density at radius 1 is 1.16 bits per heavy atom. The van der Waals surface area contributed by atoms with Crippen molar-refractivity contribution in [3.8, 4) is 17.0 Å². The van der Waals surface area contributed by atoms with E-state index in [9.17, 15) is 0 Å². The molecule has 3 aliphatic carbocycles. The Bertz CT molecular complexity index is 733. The summed E-state index contributed by atoms with van der Waals surface area (Å²) in [4.78, 5) is 0. The fraction of sp³-hybridized carbons (Fsp3) is 0.636. The van der Waals surface area contributed by atoms with Gasteiger partial charge in [-0.2, -0.15) is 0 Å². The van der Waals surface area contributed by atoms with E-state index in [0.29, 0.717) is 11.8 Å². The maximum atomic E-state index is 6.02. The molecule has 4 rings (SSSR count). The van der Waals surface area contributed by atoms with Gasteiger partial charge in [-0.25, -0.2) is 0 Å². The van der Waals surface area contributed by atoms with E-state index in [1.807, 2.05) is 7.11 Å². The Morgan fingerprint density at radius 3 is 2.72 bits per heavy atom. The summed E-state index contributed by atoms with van der Waals surface area (Å²) in [5, 5.41) is 2.64. The lowest BCUT2D eigenvalue weighted by atomic mass is 9.53. The van der Waals surface area contributed by atoms with E-state index in [-0.39, 0.29) is 11.0 Å². The summed E-state index contributed by atoms with van der Waals surface area (Å²) in [7, 11) is 3.56. The zero-order valence-electron chi connectivity index (χ0n) is 15.4. The van der Waals surface area contributed by atoms with Gasteiger partial charge in [-0.1, -0.05) is 18.9 Å². The minimum absolute atomic E-state index is 0.106. The van der Waals surface area contributed by atoms with Gasteiger partial charge in [-0.05, 0) is 91.1 Å². The number of benzene rings is 1. The highest BCUT2D eigenvalue weighted by atomic mass is 35.5. The van der Waals surface area contributed by atoms with Crippen LogP contribution < -0.4 is 4.74 Å². The SMILES string of the molecule is COc1ccc2c(c1)CCC1C2CC[C@@]2(C)C1CC[C@]2(C#CCl)OC. The fourth-order valence-electron chi connectivity index (χ4n) is 6.35. The van der Waals surface area contributed by atoms with E-state index >= 15 is 0 Å². The highest BCUT2D eigenvalue weighted by Crippen LogP contribution is 2.65. The molecule has 0 spiro atoms. The van der Waals surface area contributed by atoms with E-state index in [1.165, 1.54) is 24.8 Å². The second-order valence-electron chi connectivity index (χ2n) is 8.23. The number of hydrogen-bond acceptors (Lipinski definition) is 2. The lowest BCUT2D eigenvalue weighted by Crippen LogP contribution is -2.51. The third-order valence-electron chi connectivity index (χ3n) is 7.65. The van der Waals surface area contributed by atoms with Crippen LogP contribution in [-0.4, -0.2) is 19.8 Å². The van der Waals surface area contributed by atoms with Crippen molar-refractivity contribution < 1.29 is 9.47 Å². The van der Waals surface area contributed by atoms with Crippen LogP contribution >= 0.6 is 11.6 Å². The summed E-state index contributed by atoms with van der Waals surface area (Å²) in [6, 6.07) is 6.68. The molecule has 25 heavy (non-hydrogen) atoms. The first-order valence-corrected chi connectivity index (χ1v) is 9.81. The van der Waals surface area contributed by atoms with E-state index in [0.717, 1.165) is 30.9 Å². The van der Waals surface area contributed by atoms with Gasteiger partial charge < -0.3 is 9.47 Å². The van der Waals surface area contributed by atoms with Gasteiger partial charge in [0.05, 0.1) is 7.11 Å². The van der Waals surface area contributed by atoms with Gasteiger partial charge in [0, 0.05) is 17.9 Å². The maximum Gasteiger partial charge on any atom is 0.135 e. The summed E-state index contributed by atoms with van der Waals surface area (Å²) in [5.41, 5.74) is 2.78. The summed E-state index contributed by atoms with van der Waals surface area (Å²) >= 11 is 5.82. The van der Waals surface area contributed by atoms with Crippen LogP contribution in [0.2, 0.25) is 0 Å². The van der Waals surface area contributed by atoms with E-state index in [2.05, 4.69) is 36.4 Å². The monoisotopic (exact) mass is 358 g/mol. The van der Waals surface area contributed by atoms with Gasteiger partial charge in [-0.15, -0.1) is 0 Å². The van der Waals surface area contributed by atoms with Crippen LogP contribution in [0.1, 0.15) is 56.1 Å². The van der Waals surface area contributed by atoms with E-state index in [4.69, 9.17) is 21.1 Å². The van der Waals surface area contributed by atoms with Crippen molar-refractivity contribution in [3.05, 3.63) is 29.3 Å². The molecule has 5 atom stereocenters. The van der Waals surface area contributed by atoms with E-state index < -0.39 is 0 Å². The molecule has 2 nitrogen and oxygen atoms in total. The lowest BCUT2D eigenvalue weighted by molar-refractivity contribution is -0.0885. The normalized spacial score (nSPS) is 38.8. The summed E-state index contributed by atoms with van der Waals surface area (Å²) in [6.45, 7) is 2.40. The van der Waals surface area contributed by atoms with Crippen LogP contribution in [0.5, 0.6) is 5.75 Å². The zero-order valence-corrected chi connectivity index (χ0v) is 16.2. The number of halogens is 1. The molecule has 0 saturated heterocycles. The molecule has 0 heterocycles. The minimum Gasteiger partial charge on any atom is -0.497 e. The average molecular weight is 359 g/mol. The van der Waals surface area contributed by atoms with Gasteiger partial charge in [0.15, 0.2) is 0 Å². The first-order chi connectivity index (χ1) is 12.1. The molecule has 2 saturated carbocycles. The Morgan fingerprint density at radius 2 is 2.00 bits per heavy atom. The maximum absolute atomic E-state index is 6.02. The van der Waals surface area contributed by atoms with Crippen LogP contribution in [0.25, 0.3) is 0 Å². The summed E-state index contributed by atoms with van der Waals surface area (Å²) in [5.74, 6) is 6.30. The second kappa shape index (κ2) is 6.22. The number of aryl methyl sites for hydroxylation is 1. The lowest BCUT2D eigenvalue weighted by Gasteiger charge is -2.53. The minimum atomic E-state index is -0.370. The highest BCUT2D eigenvalue weighted by Gasteiger charge is 2.62. The third-order valence-corrected chi connectivity index (χ3v) is 7.75. The van der Waals surface area contributed by atoms with Gasteiger partial charge in [0.1, 0.15) is 11.4 Å². The predicted octanol–water partition coefficient (Wildman–Crippen LogP) is 5.14. The Kier molecular flexibility index (Phi) is 4.29. The molecule has 0 radical (unpaired) electrons. The molecule has 1 aromatic carbocycles. The summed E-state index contributed by atoms with van der Waals surface area (Å²) in [6.07, 6.45) is 6.99. The molecule has 2 fully saturated rings. The Balaban J connectivity index is 1.69. The van der Waals surface area contributed by atoms with Crippen LogP contribution in [0.4, 0.5) is 0 Å². The summed E-state index contributed by atoms with van der Waals surface area (Å²) < 4.78 is 11.4. The van der Waals surface area contributed by atoms with Crippen molar-refractivity contribution in [1.29, 1.82) is 0 Å². The largest absolute Gasteiger partial charge is 0.497 e. The van der Waals surface area contributed by atoms with Crippen molar-refractivity contribution >= 4 is 11.6 Å². The molecule has 1 aromatic rings. The molecule has 3 heteroatoms. The van der Waals surface area contributed by atoms with Gasteiger partial charge in [0.2, 0.25) is 0 Å². The second-order valence-corrected chi connectivity index (χ2v) is 8.41. The average Bonchev–Trinajstić information content (AvgIpc) is 2.94. The van der Waals surface area contributed by atoms with Crippen molar-refractivity contribution in [2.45, 2.75) is 57.0 Å². The molecule has 0 aliphatic heterocycles. The molecule has 0 N–H and O–H groups in total. The molecule has 0 aromatic heterocycles. The van der Waals surface area contributed by atoms with Gasteiger partial charge in [-0.3, -0.25) is 0 Å². The molecular weight excluding hydrogens is 332 g/mol. The smallest absolute Gasteiger partial charge is 0.135 e. The van der Waals surface area contributed by atoms with Crippen molar-refractivity contribution in [2.75, 3.05) is 14.2 Å². The number of fused-ring (bicyclic) bond motifs is 5. The van der Waals surface area contributed by atoms with Crippen LogP contribution in [-0.2, 0) is 11.2 Å². The van der Waals surface area contributed by atoms with Crippen molar-refractivity contribution in [1.82, 2.24) is 0 Å². The number of rotatable bonds is 2. The first kappa shape index (κ1) is 17.3. The quantitative estimate of drug-likeness (QED) is 0.682. The van der Waals surface area contributed by atoms with Crippen molar-refractivity contribution in [2.24, 2.45) is 17.3 Å². The topological polar surface area (TPSA) is 18.5 Å². The first-order valence-electron chi connectivity index (χ1n) is 9.43.